The van der Waals surface area contributed by atoms with E-state index in [0.29, 0.717) is 12.5 Å². The van der Waals surface area contributed by atoms with Crippen LogP contribution in [0.5, 0.6) is 0 Å². The van der Waals surface area contributed by atoms with Crippen LogP contribution in [0.15, 0.2) is 60.0 Å². The Morgan fingerprint density at radius 1 is 1.06 bits per heavy atom. The summed E-state index contributed by atoms with van der Waals surface area (Å²) in [6.07, 6.45) is 1.77. The van der Waals surface area contributed by atoms with Crippen LogP contribution < -0.4 is 5.32 Å². The maximum atomic E-state index is 13.4. The predicted molar refractivity (Wildman–Crippen MR) is 121 cm³/mol. The Labute approximate surface area is 186 Å². The third-order valence-corrected chi connectivity index (χ3v) is 6.01. The molecule has 0 unspecified atom stereocenters. The van der Waals surface area contributed by atoms with Gasteiger partial charge in [-0.2, -0.15) is 0 Å². The molecule has 0 aliphatic heterocycles. The molecule has 1 N–H and O–H groups in total. The van der Waals surface area contributed by atoms with Gasteiger partial charge in [0, 0.05) is 18.0 Å². The summed E-state index contributed by atoms with van der Waals surface area (Å²) >= 11 is 1.14. The molecule has 4 rings (SSSR count). The highest BCUT2D eigenvalue weighted by atomic mass is 32.1. The highest BCUT2D eigenvalue weighted by Gasteiger charge is 2.42. The van der Waals surface area contributed by atoms with Crippen molar-refractivity contribution in [3.8, 4) is 0 Å². The van der Waals surface area contributed by atoms with Crippen molar-refractivity contribution in [2.24, 2.45) is 0 Å². The maximum absolute atomic E-state index is 13.4. The second-order valence-corrected chi connectivity index (χ2v) is 8.77. The quantitative estimate of drug-likeness (QED) is 0.573. The fourth-order valence-corrected chi connectivity index (χ4v) is 4.05. The van der Waals surface area contributed by atoms with E-state index in [2.05, 4.69) is 28.8 Å². The van der Waals surface area contributed by atoms with E-state index in [4.69, 9.17) is 0 Å². The van der Waals surface area contributed by atoms with Crippen LogP contribution in [0.3, 0.4) is 0 Å². The van der Waals surface area contributed by atoms with Crippen molar-refractivity contribution in [3.05, 3.63) is 82.4 Å². The topological polar surface area (TPSA) is 75.2 Å². The first-order valence-electron chi connectivity index (χ1n) is 10.6. The summed E-state index contributed by atoms with van der Waals surface area (Å²) in [6, 6.07) is 17.1. The van der Waals surface area contributed by atoms with Gasteiger partial charge in [0.25, 0.3) is 5.91 Å². The fourth-order valence-electron chi connectivity index (χ4n) is 3.62. The zero-order valence-corrected chi connectivity index (χ0v) is 18.5. The van der Waals surface area contributed by atoms with Crippen LogP contribution in [0.1, 0.15) is 65.8 Å². The van der Waals surface area contributed by atoms with Gasteiger partial charge in [0.15, 0.2) is 5.69 Å². The van der Waals surface area contributed by atoms with Crippen LogP contribution in [0, 0.1) is 0 Å². The minimum Gasteiger partial charge on any atom is -0.350 e. The van der Waals surface area contributed by atoms with Gasteiger partial charge in [-0.15, -0.1) is 5.10 Å². The van der Waals surface area contributed by atoms with Crippen molar-refractivity contribution in [2.45, 2.75) is 51.2 Å². The van der Waals surface area contributed by atoms with Crippen molar-refractivity contribution in [3.63, 3.8) is 0 Å². The molecule has 1 aromatic heterocycles. The standard InChI is InChI=1S/C24H26N4O2S/c1-16(2)18-8-10-19(11-9-18)22(23(29)25-14-17-6-4-3-5-7-17)28(20-12-13-20)24(30)21-15-31-27-26-21/h3-11,15-16,20,22H,12-14H2,1-2H3,(H,25,29)/t22-/m1/s1. The van der Waals surface area contributed by atoms with Gasteiger partial charge in [0.1, 0.15) is 6.04 Å². The van der Waals surface area contributed by atoms with Crippen LogP contribution in [0.25, 0.3) is 0 Å². The summed E-state index contributed by atoms with van der Waals surface area (Å²) in [5.41, 5.74) is 3.30. The van der Waals surface area contributed by atoms with Gasteiger partial charge < -0.3 is 10.2 Å². The van der Waals surface area contributed by atoms with E-state index in [1.54, 1.807) is 10.3 Å². The second kappa shape index (κ2) is 9.39. The summed E-state index contributed by atoms with van der Waals surface area (Å²) < 4.78 is 3.83. The summed E-state index contributed by atoms with van der Waals surface area (Å²) in [5, 5.41) is 8.63. The van der Waals surface area contributed by atoms with Crippen molar-refractivity contribution in [1.82, 2.24) is 19.8 Å². The Kier molecular flexibility index (Phi) is 6.42. The van der Waals surface area contributed by atoms with Crippen LogP contribution in [0.2, 0.25) is 0 Å². The number of carbonyl (C=O) groups excluding carboxylic acids is 2. The number of hydrogen-bond acceptors (Lipinski definition) is 5. The first-order valence-corrected chi connectivity index (χ1v) is 11.4. The Bertz CT molecular complexity index is 1020. The number of nitrogens with zero attached hydrogens (tertiary/aromatic N) is 3. The number of hydrogen-bond donors (Lipinski definition) is 1. The highest BCUT2D eigenvalue weighted by molar-refractivity contribution is 7.03. The van der Waals surface area contributed by atoms with Gasteiger partial charge in [-0.1, -0.05) is 72.9 Å². The molecule has 0 saturated heterocycles. The lowest BCUT2D eigenvalue weighted by Crippen LogP contribution is -2.45. The average molecular weight is 435 g/mol. The van der Waals surface area contributed by atoms with E-state index in [0.717, 1.165) is 35.5 Å². The molecule has 7 heteroatoms. The van der Waals surface area contributed by atoms with Gasteiger partial charge in [0.05, 0.1) is 0 Å². The van der Waals surface area contributed by atoms with Crippen LogP contribution in [-0.2, 0) is 11.3 Å². The molecule has 0 spiro atoms. The number of amides is 2. The number of aromatic nitrogens is 2. The van der Waals surface area contributed by atoms with Gasteiger partial charge >= 0.3 is 0 Å². The predicted octanol–water partition coefficient (Wildman–Crippen LogP) is 4.32. The van der Waals surface area contributed by atoms with Crippen molar-refractivity contribution < 1.29 is 9.59 Å². The maximum Gasteiger partial charge on any atom is 0.276 e. The molecule has 1 saturated carbocycles. The highest BCUT2D eigenvalue weighted by Crippen LogP contribution is 2.36. The van der Waals surface area contributed by atoms with Gasteiger partial charge in [-0.3, -0.25) is 9.59 Å². The van der Waals surface area contributed by atoms with Crippen LogP contribution >= 0.6 is 11.5 Å². The molecule has 160 valence electrons. The first kappa shape index (κ1) is 21.2. The lowest BCUT2D eigenvalue weighted by Gasteiger charge is -2.31. The van der Waals surface area contributed by atoms with Gasteiger partial charge in [-0.25, -0.2) is 0 Å². The van der Waals surface area contributed by atoms with E-state index in [-0.39, 0.29) is 23.6 Å². The number of rotatable bonds is 8. The minimum atomic E-state index is -0.716. The zero-order valence-electron chi connectivity index (χ0n) is 17.7. The number of nitrogens with one attached hydrogen (secondary N) is 1. The molecule has 2 amide bonds. The van der Waals surface area contributed by atoms with E-state index in [9.17, 15) is 9.59 Å². The molecular weight excluding hydrogens is 408 g/mol. The second-order valence-electron chi connectivity index (χ2n) is 8.16. The van der Waals surface area contributed by atoms with Crippen molar-refractivity contribution in [1.29, 1.82) is 0 Å². The summed E-state index contributed by atoms with van der Waals surface area (Å²) in [7, 11) is 0. The fraction of sp³-hybridized carbons (Fsp3) is 0.333. The molecule has 0 bridgehead atoms. The summed E-state index contributed by atoms with van der Waals surface area (Å²) in [4.78, 5) is 28.4. The van der Waals surface area contributed by atoms with E-state index in [1.807, 2.05) is 54.6 Å². The lowest BCUT2D eigenvalue weighted by atomic mass is 9.97. The van der Waals surface area contributed by atoms with E-state index >= 15 is 0 Å². The smallest absolute Gasteiger partial charge is 0.276 e. The third kappa shape index (κ3) is 4.99. The normalized spacial score (nSPS) is 14.3. The Morgan fingerprint density at radius 2 is 1.74 bits per heavy atom. The average Bonchev–Trinajstić information content (AvgIpc) is 3.47. The first-order chi connectivity index (χ1) is 15.0. The molecule has 0 radical (unpaired) electrons. The number of benzene rings is 2. The van der Waals surface area contributed by atoms with E-state index in [1.165, 1.54) is 5.56 Å². The van der Waals surface area contributed by atoms with Gasteiger partial charge in [-0.05, 0) is 47.0 Å². The largest absolute Gasteiger partial charge is 0.350 e. The molecular formula is C24H26N4O2S. The van der Waals surface area contributed by atoms with Crippen molar-refractivity contribution >= 4 is 23.3 Å². The van der Waals surface area contributed by atoms with Crippen LogP contribution in [-0.4, -0.2) is 32.3 Å². The Hall–Kier alpha value is -3.06. The zero-order chi connectivity index (χ0) is 21.8. The molecule has 3 aromatic rings. The molecule has 1 atom stereocenters. The molecule has 1 aliphatic carbocycles. The summed E-state index contributed by atoms with van der Waals surface area (Å²) in [6.45, 7) is 4.67. The SMILES string of the molecule is CC(C)c1ccc([C@H](C(=O)NCc2ccccc2)N(C(=O)c2csnn2)C2CC2)cc1. The summed E-state index contributed by atoms with van der Waals surface area (Å²) in [5.74, 6) is -0.0460. The minimum absolute atomic E-state index is 0.0338. The monoisotopic (exact) mass is 434 g/mol. The number of carbonyl (C=O) groups is 2. The van der Waals surface area contributed by atoms with Crippen molar-refractivity contribution in [2.75, 3.05) is 0 Å². The third-order valence-electron chi connectivity index (χ3n) is 5.51. The molecule has 2 aromatic carbocycles. The van der Waals surface area contributed by atoms with Crippen LogP contribution in [0.4, 0.5) is 0 Å². The Morgan fingerprint density at radius 3 is 2.32 bits per heavy atom. The van der Waals surface area contributed by atoms with Gasteiger partial charge in [0.2, 0.25) is 5.91 Å². The van der Waals surface area contributed by atoms with E-state index < -0.39 is 6.04 Å². The molecule has 6 nitrogen and oxygen atoms in total. The molecule has 1 heterocycles. The molecule has 1 fully saturated rings. The lowest BCUT2D eigenvalue weighted by molar-refractivity contribution is -0.126. The molecule has 31 heavy (non-hydrogen) atoms. The Balaban J connectivity index is 1.65. The molecule has 1 aliphatic rings.